The van der Waals surface area contributed by atoms with Gasteiger partial charge in [0.2, 0.25) is 11.9 Å². The highest BCUT2D eigenvalue weighted by atomic mass is 28.3. The number of amides is 1. The maximum Gasteiger partial charge on any atom is 0.407 e. The smallest absolute Gasteiger partial charge is 0.407 e. The number of benzene rings is 1. The van der Waals surface area contributed by atoms with Crippen LogP contribution in [-0.2, 0) is 22.6 Å². The minimum absolute atomic E-state index is 0.363. The third-order valence-electron chi connectivity index (χ3n) is 5.78. The fraction of sp³-hybridized carbons (Fsp3) is 0.538. The number of hydrogen-bond donors (Lipinski definition) is 2. The van der Waals surface area contributed by atoms with Gasteiger partial charge in [-0.3, -0.25) is 9.88 Å². The first kappa shape index (κ1) is 27.6. The van der Waals surface area contributed by atoms with Gasteiger partial charge in [0.25, 0.3) is 0 Å². The van der Waals surface area contributed by atoms with E-state index < -0.39 is 8.07 Å². The number of carbonyl (C=O) groups is 1. The fourth-order valence-corrected chi connectivity index (χ4v) is 4.36. The number of aryl methyl sites for hydroxylation is 2. The highest BCUT2D eigenvalue weighted by molar-refractivity contribution is 6.76. The molecule has 0 aliphatic heterocycles. The Kier molecular flexibility index (Phi) is 10.2. The Labute approximate surface area is 215 Å². The standard InChI is InChI=1S/C26H40N6O3Si/c1-6-7-15-35-26(33)27-14-10-11-21-18-28-25(32(21)19-34-16-17-36(3,4)5)31-24-29-20(2)22-12-8-9-13-23(22)30-24/h8-9,12-13,18H,6-7,10-11,14-17,19H2,1-5H3,(H,27,33)(H,28,29,30,31). The molecule has 10 heteroatoms. The predicted octanol–water partition coefficient (Wildman–Crippen LogP) is 5.65. The van der Waals surface area contributed by atoms with E-state index in [9.17, 15) is 4.79 Å². The molecule has 0 fully saturated rings. The number of imidazole rings is 1. The Hall–Kier alpha value is -2.98. The van der Waals surface area contributed by atoms with Gasteiger partial charge in [0, 0.05) is 32.3 Å². The molecule has 0 spiro atoms. The molecule has 2 aromatic heterocycles. The second kappa shape index (κ2) is 13.4. The summed E-state index contributed by atoms with van der Waals surface area (Å²) < 4.78 is 13.2. The van der Waals surface area contributed by atoms with Crippen LogP contribution in [0.1, 0.15) is 37.6 Å². The Morgan fingerprint density at radius 1 is 1.11 bits per heavy atom. The second-order valence-electron chi connectivity index (χ2n) is 10.1. The van der Waals surface area contributed by atoms with E-state index in [0.717, 1.165) is 54.0 Å². The van der Waals surface area contributed by atoms with Gasteiger partial charge in [-0.1, -0.05) is 51.2 Å². The molecule has 2 N–H and O–H groups in total. The molecule has 0 saturated carbocycles. The average Bonchev–Trinajstić information content (AvgIpc) is 3.20. The van der Waals surface area contributed by atoms with Crippen molar-refractivity contribution in [1.82, 2.24) is 24.8 Å². The molecule has 0 unspecified atom stereocenters. The van der Waals surface area contributed by atoms with E-state index in [1.54, 1.807) is 0 Å². The lowest BCUT2D eigenvalue weighted by Crippen LogP contribution is -2.26. The van der Waals surface area contributed by atoms with Gasteiger partial charge in [0.1, 0.15) is 6.73 Å². The van der Waals surface area contributed by atoms with E-state index in [-0.39, 0.29) is 6.09 Å². The molecule has 0 radical (unpaired) electrons. The molecule has 3 aromatic rings. The van der Waals surface area contributed by atoms with E-state index in [1.807, 2.05) is 42.0 Å². The van der Waals surface area contributed by atoms with Gasteiger partial charge in [-0.25, -0.2) is 19.7 Å². The normalized spacial score (nSPS) is 11.6. The molecular formula is C26H40N6O3Si. The van der Waals surface area contributed by atoms with E-state index >= 15 is 0 Å². The van der Waals surface area contributed by atoms with E-state index in [1.165, 1.54) is 0 Å². The molecule has 0 aliphatic rings. The van der Waals surface area contributed by atoms with Crippen molar-refractivity contribution in [1.29, 1.82) is 0 Å². The largest absolute Gasteiger partial charge is 0.450 e. The van der Waals surface area contributed by atoms with Crippen LogP contribution in [0.3, 0.4) is 0 Å². The van der Waals surface area contributed by atoms with Crippen LogP contribution in [0, 0.1) is 6.92 Å². The number of hydrogen-bond acceptors (Lipinski definition) is 7. The Morgan fingerprint density at radius 2 is 1.92 bits per heavy atom. The fourth-order valence-electron chi connectivity index (χ4n) is 3.60. The minimum Gasteiger partial charge on any atom is -0.450 e. The van der Waals surface area contributed by atoms with Crippen molar-refractivity contribution in [2.75, 3.05) is 25.1 Å². The van der Waals surface area contributed by atoms with Crippen LogP contribution in [0.25, 0.3) is 10.9 Å². The third kappa shape index (κ3) is 8.60. The number of ether oxygens (including phenoxy) is 2. The summed E-state index contributed by atoms with van der Waals surface area (Å²) in [5.41, 5.74) is 2.81. The number of nitrogens with zero attached hydrogens (tertiary/aromatic N) is 4. The zero-order valence-electron chi connectivity index (χ0n) is 22.3. The number of aromatic nitrogens is 4. The van der Waals surface area contributed by atoms with E-state index in [4.69, 9.17) is 9.47 Å². The minimum atomic E-state index is -1.19. The van der Waals surface area contributed by atoms with E-state index in [2.05, 4.69) is 52.2 Å². The summed E-state index contributed by atoms with van der Waals surface area (Å²) in [6.45, 7) is 13.1. The summed E-state index contributed by atoms with van der Waals surface area (Å²) in [5.74, 6) is 1.14. The van der Waals surface area contributed by atoms with Crippen LogP contribution >= 0.6 is 0 Å². The van der Waals surface area contributed by atoms with Gasteiger partial charge in [-0.15, -0.1) is 0 Å². The lowest BCUT2D eigenvalue weighted by molar-refractivity contribution is 0.0867. The van der Waals surface area contributed by atoms with E-state index in [0.29, 0.717) is 38.4 Å². The number of unbranched alkanes of at least 4 members (excludes halogenated alkanes) is 1. The van der Waals surface area contributed by atoms with Crippen LogP contribution < -0.4 is 10.6 Å². The van der Waals surface area contributed by atoms with Gasteiger partial charge in [0.05, 0.1) is 24.0 Å². The van der Waals surface area contributed by atoms with Gasteiger partial charge in [-0.2, -0.15) is 0 Å². The second-order valence-corrected chi connectivity index (χ2v) is 15.8. The zero-order chi connectivity index (χ0) is 26.0. The summed E-state index contributed by atoms with van der Waals surface area (Å²) in [4.78, 5) is 25.7. The summed E-state index contributed by atoms with van der Waals surface area (Å²) in [5, 5.41) is 7.14. The predicted molar refractivity (Wildman–Crippen MR) is 146 cm³/mol. The average molecular weight is 513 g/mol. The SMILES string of the molecule is CCCCOC(=O)NCCCc1cnc(Nc2nc(C)c3ccccc3n2)n1COCC[Si](C)(C)C. The summed E-state index contributed by atoms with van der Waals surface area (Å²) in [6.07, 6.45) is 4.85. The quantitative estimate of drug-likeness (QED) is 0.212. The van der Waals surface area contributed by atoms with Crippen molar-refractivity contribution in [2.45, 2.75) is 71.9 Å². The van der Waals surface area contributed by atoms with Crippen molar-refractivity contribution in [3.05, 3.63) is 41.9 Å². The topological polar surface area (TPSA) is 103 Å². The molecule has 0 atom stereocenters. The molecular weight excluding hydrogens is 472 g/mol. The lowest BCUT2D eigenvalue weighted by atomic mass is 10.2. The first-order valence-corrected chi connectivity index (χ1v) is 16.5. The third-order valence-corrected chi connectivity index (χ3v) is 7.49. The van der Waals surface area contributed by atoms with Crippen molar-refractivity contribution >= 4 is 37.0 Å². The summed E-state index contributed by atoms with van der Waals surface area (Å²) >= 11 is 0. The monoisotopic (exact) mass is 512 g/mol. The number of carbonyl (C=O) groups excluding carboxylic acids is 1. The van der Waals surface area contributed by atoms with Gasteiger partial charge in [-0.05, 0) is 38.3 Å². The maximum atomic E-state index is 11.8. The number of alkyl carbamates (subject to hydrolysis) is 1. The van der Waals surface area contributed by atoms with Crippen molar-refractivity contribution < 1.29 is 14.3 Å². The number of rotatable bonds is 14. The molecule has 1 amide bonds. The molecule has 0 saturated heterocycles. The van der Waals surface area contributed by atoms with Crippen LogP contribution in [0.4, 0.5) is 16.7 Å². The van der Waals surface area contributed by atoms with Crippen molar-refractivity contribution in [3.63, 3.8) is 0 Å². The number of para-hydroxylation sites is 1. The molecule has 0 bridgehead atoms. The van der Waals surface area contributed by atoms with Crippen LogP contribution in [0.2, 0.25) is 25.7 Å². The van der Waals surface area contributed by atoms with Crippen LogP contribution in [-0.4, -0.2) is 53.4 Å². The highest BCUT2D eigenvalue weighted by Gasteiger charge is 2.15. The first-order valence-electron chi connectivity index (χ1n) is 12.8. The van der Waals surface area contributed by atoms with Crippen molar-refractivity contribution in [2.24, 2.45) is 0 Å². The molecule has 36 heavy (non-hydrogen) atoms. The molecule has 9 nitrogen and oxygen atoms in total. The molecule has 196 valence electrons. The number of fused-ring (bicyclic) bond motifs is 1. The van der Waals surface area contributed by atoms with Gasteiger partial charge >= 0.3 is 6.09 Å². The zero-order valence-corrected chi connectivity index (χ0v) is 23.3. The molecule has 3 rings (SSSR count). The van der Waals surface area contributed by atoms with Crippen LogP contribution in [0.5, 0.6) is 0 Å². The van der Waals surface area contributed by atoms with Gasteiger partial charge < -0.3 is 14.8 Å². The van der Waals surface area contributed by atoms with Crippen LogP contribution in [0.15, 0.2) is 30.5 Å². The molecule has 0 aliphatic carbocycles. The van der Waals surface area contributed by atoms with Gasteiger partial charge in [0.15, 0.2) is 0 Å². The molecule has 2 heterocycles. The Bertz CT molecular complexity index is 1130. The summed E-state index contributed by atoms with van der Waals surface area (Å²) in [7, 11) is -1.19. The maximum absolute atomic E-state index is 11.8. The number of nitrogens with one attached hydrogen (secondary N) is 2. The lowest BCUT2D eigenvalue weighted by Gasteiger charge is -2.17. The summed E-state index contributed by atoms with van der Waals surface area (Å²) in [6, 6.07) is 9.05. The number of anilines is 2. The Balaban J connectivity index is 1.67. The highest BCUT2D eigenvalue weighted by Crippen LogP contribution is 2.21. The Morgan fingerprint density at radius 3 is 2.69 bits per heavy atom. The molecule has 1 aromatic carbocycles. The first-order chi connectivity index (χ1) is 17.3. The van der Waals surface area contributed by atoms with Crippen molar-refractivity contribution in [3.8, 4) is 0 Å².